The van der Waals surface area contributed by atoms with E-state index in [2.05, 4.69) is 0 Å². The lowest BCUT2D eigenvalue weighted by atomic mass is 9.67. The first kappa shape index (κ1) is 14.5. The van der Waals surface area contributed by atoms with Crippen molar-refractivity contribution in [2.24, 2.45) is 23.7 Å². The predicted molar refractivity (Wildman–Crippen MR) is 68.1 cm³/mol. The van der Waals surface area contributed by atoms with Crippen LogP contribution in [-0.2, 0) is 9.59 Å². The molecule has 100 valence electrons. The highest BCUT2D eigenvalue weighted by atomic mass is 16.4. The van der Waals surface area contributed by atoms with E-state index in [0.717, 1.165) is 11.1 Å². The molecule has 0 aliphatic heterocycles. The van der Waals surface area contributed by atoms with Gasteiger partial charge in [0.05, 0.1) is 11.8 Å². The van der Waals surface area contributed by atoms with E-state index in [1.54, 1.807) is 6.92 Å². The average molecular weight is 252 g/mol. The SMILES string of the molecule is CC(C)=C[C@@H]1C=C(C)[C@H](C)[C@@H](C(=O)O)[C@@H]1C(=O)O. The Labute approximate surface area is 107 Å². The molecule has 0 aromatic rings. The number of carboxylic acid groups (broad SMARTS) is 2. The van der Waals surface area contributed by atoms with Gasteiger partial charge in [-0.25, -0.2) is 0 Å². The summed E-state index contributed by atoms with van der Waals surface area (Å²) in [4.78, 5) is 22.7. The van der Waals surface area contributed by atoms with Crippen molar-refractivity contribution in [3.05, 3.63) is 23.3 Å². The van der Waals surface area contributed by atoms with Gasteiger partial charge < -0.3 is 10.2 Å². The van der Waals surface area contributed by atoms with Gasteiger partial charge in [-0.15, -0.1) is 0 Å². The van der Waals surface area contributed by atoms with Crippen molar-refractivity contribution >= 4 is 11.9 Å². The number of carboxylic acids is 2. The number of rotatable bonds is 3. The lowest BCUT2D eigenvalue weighted by Gasteiger charge is -2.35. The zero-order valence-corrected chi connectivity index (χ0v) is 11.2. The van der Waals surface area contributed by atoms with Crippen LogP contribution in [0.25, 0.3) is 0 Å². The number of carbonyl (C=O) groups is 2. The van der Waals surface area contributed by atoms with E-state index in [1.165, 1.54) is 0 Å². The second-order valence-corrected chi connectivity index (χ2v) is 5.25. The van der Waals surface area contributed by atoms with Gasteiger partial charge in [-0.05, 0) is 26.7 Å². The summed E-state index contributed by atoms with van der Waals surface area (Å²) in [7, 11) is 0. The zero-order valence-electron chi connectivity index (χ0n) is 11.2. The molecule has 18 heavy (non-hydrogen) atoms. The Hall–Kier alpha value is -1.58. The third-order valence-electron chi connectivity index (χ3n) is 3.61. The highest BCUT2D eigenvalue weighted by Gasteiger charge is 2.44. The van der Waals surface area contributed by atoms with E-state index in [9.17, 15) is 19.8 Å². The van der Waals surface area contributed by atoms with Gasteiger partial charge in [-0.1, -0.05) is 30.2 Å². The van der Waals surface area contributed by atoms with Crippen LogP contribution in [0.15, 0.2) is 23.3 Å². The summed E-state index contributed by atoms with van der Waals surface area (Å²) >= 11 is 0. The normalized spacial score (nSPS) is 31.4. The van der Waals surface area contributed by atoms with E-state index in [1.807, 2.05) is 32.9 Å². The van der Waals surface area contributed by atoms with Crippen molar-refractivity contribution < 1.29 is 19.8 Å². The quantitative estimate of drug-likeness (QED) is 0.757. The number of hydrogen-bond donors (Lipinski definition) is 2. The Morgan fingerprint density at radius 1 is 1.17 bits per heavy atom. The summed E-state index contributed by atoms with van der Waals surface area (Å²) in [6.45, 7) is 7.41. The molecule has 0 amide bonds. The summed E-state index contributed by atoms with van der Waals surface area (Å²) in [5.41, 5.74) is 1.94. The molecule has 1 aliphatic carbocycles. The van der Waals surface area contributed by atoms with Crippen LogP contribution in [0.5, 0.6) is 0 Å². The third kappa shape index (κ3) is 2.81. The molecule has 0 bridgehead atoms. The predicted octanol–water partition coefficient (Wildman–Crippen LogP) is 2.57. The minimum absolute atomic E-state index is 0.245. The molecule has 4 nitrogen and oxygen atoms in total. The summed E-state index contributed by atoms with van der Waals surface area (Å²) in [5.74, 6) is -4.42. The van der Waals surface area contributed by atoms with Gasteiger partial charge in [-0.3, -0.25) is 9.59 Å². The molecule has 0 radical (unpaired) electrons. The average Bonchev–Trinajstić information content (AvgIpc) is 2.20. The van der Waals surface area contributed by atoms with Gasteiger partial charge in [-0.2, -0.15) is 0 Å². The minimum atomic E-state index is -1.04. The summed E-state index contributed by atoms with van der Waals surface area (Å²) in [6.07, 6.45) is 3.72. The molecule has 4 heteroatoms. The van der Waals surface area contributed by atoms with Crippen LogP contribution in [0.2, 0.25) is 0 Å². The maximum atomic E-state index is 11.4. The Bertz CT molecular complexity index is 416. The van der Waals surface area contributed by atoms with Gasteiger partial charge in [0, 0.05) is 5.92 Å². The maximum absolute atomic E-state index is 11.4. The van der Waals surface area contributed by atoms with Crippen LogP contribution in [0.3, 0.4) is 0 Å². The molecule has 0 heterocycles. The van der Waals surface area contributed by atoms with Crippen LogP contribution in [-0.4, -0.2) is 22.2 Å². The lowest BCUT2D eigenvalue weighted by Crippen LogP contribution is -2.41. The van der Waals surface area contributed by atoms with E-state index in [0.29, 0.717) is 0 Å². The van der Waals surface area contributed by atoms with Crippen LogP contribution >= 0.6 is 0 Å². The second-order valence-electron chi connectivity index (χ2n) is 5.25. The van der Waals surface area contributed by atoms with Gasteiger partial charge in [0.2, 0.25) is 0 Å². The van der Waals surface area contributed by atoms with Crippen LogP contribution in [0.1, 0.15) is 27.7 Å². The fourth-order valence-corrected chi connectivity index (χ4v) is 2.62. The van der Waals surface area contributed by atoms with Gasteiger partial charge >= 0.3 is 11.9 Å². The zero-order chi connectivity index (χ0) is 14.0. The van der Waals surface area contributed by atoms with Crippen LogP contribution < -0.4 is 0 Å². The fourth-order valence-electron chi connectivity index (χ4n) is 2.62. The molecule has 1 aliphatic rings. The molecule has 4 atom stereocenters. The van der Waals surface area contributed by atoms with E-state index in [-0.39, 0.29) is 11.8 Å². The Morgan fingerprint density at radius 3 is 2.06 bits per heavy atom. The summed E-state index contributed by atoms with van der Waals surface area (Å²) < 4.78 is 0. The molecule has 0 spiro atoms. The molecule has 0 aromatic carbocycles. The van der Waals surface area contributed by atoms with Crippen LogP contribution in [0, 0.1) is 23.7 Å². The van der Waals surface area contributed by atoms with Crippen molar-refractivity contribution in [2.75, 3.05) is 0 Å². The highest BCUT2D eigenvalue weighted by Crippen LogP contribution is 2.39. The first-order chi connectivity index (χ1) is 8.25. The van der Waals surface area contributed by atoms with Crippen molar-refractivity contribution in [1.82, 2.24) is 0 Å². The van der Waals surface area contributed by atoms with Crippen molar-refractivity contribution in [1.29, 1.82) is 0 Å². The molecule has 1 rings (SSSR count). The number of aliphatic carboxylic acids is 2. The Kier molecular flexibility index (Phi) is 4.33. The van der Waals surface area contributed by atoms with E-state index >= 15 is 0 Å². The third-order valence-corrected chi connectivity index (χ3v) is 3.61. The lowest BCUT2D eigenvalue weighted by molar-refractivity contribution is -0.157. The van der Waals surface area contributed by atoms with Gasteiger partial charge in [0.15, 0.2) is 0 Å². The van der Waals surface area contributed by atoms with Crippen molar-refractivity contribution in [3.63, 3.8) is 0 Å². The molecule has 0 saturated carbocycles. The van der Waals surface area contributed by atoms with Crippen molar-refractivity contribution in [2.45, 2.75) is 27.7 Å². The number of allylic oxidation sites excluding steroid dienone is 4. The highest BCUT2D eigenvalue weighted by molar-refractivity contribution is 5.82. The van der Waals surface area contributed by atoms with Crippen LogP contribution in [0.4, 0.5) is 0 Å². The monoisotopic (exact) mass is 252 g/mol. The van der Waals surface area contributed by atoms with Gasteiger partial charge in [0.25, 0.3) is 0 Å². The summed E-state index contributed by atoms with van der Waals surface area (Å²) in [5, 5.41) is 18.6. The standard InChI is InChI=1S/C14H20O4/c1-7(2)5-10-6-8(3)9(4)11(13(15)16)12(10)14(17)18/h5-6,9-12H,1-4H3,(H,15,16)(H,17,18)/t9-,10+,11+,12+/m0/s1. The first-order valence-corrected chi connectivity index (χ1v) is 6.04. The Balaban J connectivity index is 3.29. The second kappa shape index (κ2) is 5.38. The molecule has 0 saturated heterocycles. The fraction of sp³-hybridized carbons (Fsp3) is 0.571. The maximum Gasteiger partial charge on any atom is 0.308 e. The van der Waals surface area contributed by atoms with E-state index < -0.39 is 23.8 Å². The number of hydrogen-bond acceptors (Lipinski definition) is 2. The molecule has 0 aromatic heterocycles. The summed E-state index contributed by atoms with van der Waals surface area (Å²) in [6, 6.07) is 0. The Morgan fingerprint density at radius 2 is 1.67 bits per heavy atom. The molecule has 0 fully saturated rings. The molecule has 0 unspecified atom stereocenters. The molecule has 2 N–H and O–H groups in total. The largest absolute Gasteiger partial charge is 0.481 e. The first-order valence-electron chi connectivity index (χ1n) is 6.04. The smallest absolute Gasteiger partial charge is 0.308 e. The molecular weight excluding hydrogens is 232 g/mol. The minimum Gasteiger partial charge on any atom is -0.481 e. The molecular formula is C14H20O4. The van der Waals surface area contributed by atoms with Crippen molar-refractivity contribution in [3.8, 4) is 0 Å². The topological polar surface area (TPSA) is 74.6 Å². The van der Waals surface area contributed by atoms with E-state index in [4.69, 9.17) is 0 Å². The van der Waals surface area contributed by atoms with Gasteiger partial charge in [0.1, 0.15) is 0 Å².